The molecule has 2 aromatic carbocycles. The lowest BCUT2D eigenvalue weighted by Crippen LogP contribution is -2.52. The molecule has 1 amide bonds. The number of anilines is 1. The third kappa shape index (κ3) is 5.86. The molecule has 0 bridgehead atoms. The van der Waals surface area contributed by atoms with Gasteiger partial charge in [-0.25, -0.2) is 4.98 Å². The molecule has 5 rings (SSSR count). The zero-order chi connectivity index (χ0) is 24.0. The van der Waals surface area contributed by atoms with E-state index in [9.17, 15) is 4.79 Å². The summed E-state index contributed by atoms with van der Waals surface area (Å²) >= 11 is 1.73. The first-order valence-corrected chi connectivity index (χ1v) is 13.1. The van der Waals surface area contributed by atoms with Crippen LogP contribution in [0.3, 0.4) is 0 Å². The van der Waals surface area contributed by atoms with Crippen LogP contribution in [-0.4, -0.2) is 59.0 Å². The van der Waals surface area contributed by atoms with Gasteiger partial charge in [-0.2, -0.15) is 0 Å². The number of piperazine rings is 1. The second-order valence-corrected chi connectivity index (χ2v) is 9.98. The number of hydrogen-bond donors (Lipinski definition) is 1. The molecule has 6 nitrogen and oxygen atoms in total. The second-order valence-electron chi connectivity index (χ2n) is 8.93. The van der Waals surface area contributed by atoms with Crippen LogP contribution in [0.4, 0.5) is 5.69 Å². The predicted molar refractivity (Wildman–Crippen MR) is 143 cm³/mol. The molecule has 1 atom stereocenters. The van der Waals surface area contributed by atoms with E-state index in [1.165, 1.54) is 5.69 Å². The summed E-state index contributed by atoms with van der Waals surface area (Å²) in [6, 6.07) is 24.7. The van der Waals surface area contributed by atoms with E-state index < -0.39 is 0 Å². The number of imidazole rings is 1. The van der Waals surface area contributed by atoms with E-state index in [0.29, 0.717) is 18.2 Å². The number of pyridine rings is 1. The van der Waals surface area contributed by atoms with Crippen LogP contribution < -0.4 is 10.2 Å². The fraction of sp³-hybridized carbons (Fsp3) is 0.286. The molecule has 1 saturated heterocycles. The van der Waals surface area contributed by atoms with Crippen molar-refractivity contribution in [3.05, 3.63) is 96.4 Å². The SMILES string of the molecule is CC(CNC(=O)c1ccc(SCc2cn3ccccc3n2)cc1)N1CCN(c2ccccc2)CC1. The van der Waals surface area contributed by atoms with Crippen LogP contribution in [0.2, 0.25) is 0 Å². The van der Waals surface area contributed by atoms with Crippen molar-refractivity contribution in [2.45, 2.75) is 23.6 Å². The van der Waals surface area contributed by atoms with Gasteiger partial charge in [-0.05, 0) is 55.5 Å². The normalized spacial score (nSPS) is 15.3. The van der Waals surface area contributed by atoms with Gasteiger partial charge in [0.05, 0.1) is 5.69 Å². The van der Waals surface area contributed by atoms with Gasteiger partial charge in [0.15, 0.2) is 0 Å². The van der Waals surface area contributed by atoms with Gasteiger partial charge in [0, 0.05) is 73.1 Å². The summed E-state index contributed by atoms with van der Waals surface area (Å²) in [6.07, 6.45) is 4.07. The number of thioether (sulfide) groups is 1. The maximum absolute atomic E-state index is 12.7. The van der Waals surface area contributed by atoms with Gasteiger partial charge in [0.25, 0.3) is 5.91 Å². The number of para-hydroxylation sites is 1. The molecule has 0 spiro atoms. The summed E-state index contributed by atoms with van der Waals surface area (Å²) in [5, 5.41) is 3.12. The average molecular weight is 486 g/mol. The first-order chi connectivity index (χ1) is 17.2. The molecule has 0 saturated carbocycles. The fourth-order valence-electron chi connectivity index (χ4n) is 4.45. The Hall–Kier alpha value is -3.29. The molecule has 1 unspecified atom stereocenters. The van der Waals surface area contributed by atoms with E-state index in [-0.39, 0.29) is 5.91 Å². The molecule has 2 aromatic heterocycles. The van der Waals surface area contributed by atoms with Crippen molar-refractivity contribution in [1.29, 1.82) is 0 Å². The Labute approximate surface area is 211 Å². The van der Waals surface area contributed by atoms with Crippen molar-refractivity contribution in [2.75, 3.05) is 37.6 Å². The lowest BCUT2D eigenvalue weighted by atomic mass is 10.2. The minimum atomic E-state index is -0.0170. The van der Waals surface area contributed by atoms with Gasteiger partial charge in [0.1, 0.15) is 5.65 Å². The number of fused-ring (bicyclic) bond motifs is 1. The molecular formula is C28H31N5OS. The first-order valence-electron chi connectivity index (χ1n) is 12.1. The van der Waals surface area contributed by atoms with Crippen LogP contribution >= 0.6 is 11.8 Å². The molecule has 1 N–H and O–H groups in total. The number of hydrogen-bond acceptors (Lipinski definition) is 5. The van der Waals surface area contributed by atoms with Gasteiger partial charge in [-0.1, -0.05) is 24.3 Å². The zero-order valence-corrected chi connectivity index (χ0v) is 20.8. The fourth-order valence-corrected chi connectivity index (χ4v) is 5.23. The number of nitrogens with one attached hydrogen (secondary N) is 1. The molecule has 180 valence electrons. The molecule has 4 aromatic rings. The quantitative estimate of drug-likeness (QED) is 0.371. The number of amides is 1. The van der Waals surface area contributed by atoms with Crippen LogP contribution in [0.1, 0.15) is 23.0 Å². The number of rotatable bonds is 8. The minimum Gasteiger partial charge on any atom is -0.369 e. The summed E-state index contributed by atoms with van der Waals surface area (Å²) in [5.41, 5.74) is 3.99. The van der Waals surface area contributed by atoms with Crippen molar-refractivity contribution in [3.63, 3.8) is 0 Å². The Kier molecular flexibility index (Phi) is 7.35. The number of nitrogens with zero attached hydrogens (tertiary/aromatic N) is 4. The van der Waals surface area contributed by atoms with E-state index >= 15 is 0 Å². The highest BCUT2D eigenvalue weighted by molar-refractivity contribution is 7.98. The number of carbonyl (C=O) groups excluding carboxylic acids is 1. The second kappa shape index (κ2) is 11.0. The lowest BCUT2D eigenvalue weighted by molar-refractivity contribution is 0.0934. The molecule has 1 aliphatic heterocycles. The predicted octanol–water partition coefficient (Wildman–Crippen LogP) is 4.57. The molecule has 0 aliphatic carbocycles. The smallest absolute Gasteiger partial charge is 0.251 e. The Morgan fingerprint density at radius 2 is 1.71 bits per heavy atom. The highest BCUT2D eigenvalue weighted by atomic mass is 32.2. The van der Waals surface area contributed by atoms with Crippen molar-refractivity contribution >= 4 is 29.0 Å². The third-order valence-corrected chi connectivity index (χ3v) is 7.58. The van der Waals surface area contributed by atoms with Gasteiger partial charge >= 0.3 is 0 Å². The minimum absolute atomic E-state index is 0.0170. The highest BCUT2D eigenvalue weighted by Crippen LogP contribution is 2.23. The van der Waals surface area contributed by atoms with Crippen LogP contribution in [0, 0.1) is 0 Å². The van der Waals surface area contributed by atoms with E-state index in [4.69, 9.17) is 0 Å². The largest absolute Gasteiger partial charge is 0.369 e. The number of aromatic nitrogens is 2. The lowest BCUT2D eigenvalue weighted by Gasteiger charge is -2.39. The van der Waals surface area contributed by atoms with E-state index in [2.05, 4.69) is 63.6 Å². The molecule has 35 heavy (non-hydrogen) atoms. The Balaban J connectivity index is 1.07. The van der Waals surface area contributed by atoms with Crippen LogP contribution in [0.25, 0.3) is 5.65 Å². The topological polar surface area (TPSA) is 52.9 Å². The summed E-state index contributed by atoms with van der Waals surface area (Å²) in [6.45, 7) is 6.87. The van der Waals surface area contributed by atoms with Crippen LogP contribution in [-0.2, 0) is 5.75 Å². The third-order valence-electron chi connectivity index (χ3n) is 6.53. The summed E-state index contributed by atoms with van der Waals surface area (Å²) < 4.78 is 2.04. The molecule has 1 fully saturated rings. The van der Waals surface area contributed by atoms with Crippen molar-refractivity contribution in [1.82, 2.24) is 19.6 Å². The van der Waals surface area contributed by atoms with Crippen molar-refractivity contribution in [3.8, 4) is 0 Å². The molecule has 1 aliphatic rings. The first kappa shape index (κ1) is 23.5. The van der Waals surface area contributed by atoms with E-state index in [1.54, 1.807) is 11.8 Å². The van der Waals surface area contributed by atoms with Crippen LogP contribution in [0.5, 0.6) is 0 Å². The number of benzene rings is 2. The monoisotopic (exact) mass is 485 g/mol. The maximum Gasteiger partial charge on any atom is 0.251 e. The van der Waals surface area contributed by atoms with Crippen molar-refractivity contribution < 1.29 is 4.79 Å². The summed E-state index contributed by atoms with van der Waals surface area (Å²) in [4.78, 5) is 23.4. The Morgan fingerprint density at radius 1 is 0.971 bits per heavy atom. The Morgan fingerprint density at radius 3 is 2.46 bits per heavy atom. The van der Waals surface area contributed by atoms with Crippen LogP contribution in [0.15, 0.2) is 90.1 Å². The summed E-state index contributed by atoms with van der Waals surface area (Å²) in [5.74, 6) is 0.777. The maximum atomic E-state index is 12.7. The number of carbonyl (C=O) groups is 1. The Bertz CT molecular complexity index is 1220. The molecule has 3 heterocycles. The zero-order valence-electron chi connectivity index (χ0n) is 20.0. The highest BCUT2D eigenvalue weighted by Gasteiger charge is 2.21. The van der Waals surface area contributed by atoms with E-state index in [1.807, 2.05) is 53.1 Å². The van der Waals surface area contributed by atoms with Gasteiger partial charge < -0.3 is 14.6 Å². The average Bonchev–Trinajstić information content (AvgIpc) is 3.34. The van der Waals surface area contributed by atoms with Gasteiger partial charge in [0.2, 0.25) is 0 Å². The molecular weight excluding hydrogens is 454 g/mol. The van der Waals surface area contributed by atoms with E-state index in [0.717, 1.165) is 48.2 Å². The van der Waals surface area contributed by atoms with Gasteiger partial charge in [-0.15, -0.1) is 11.8 Å². The molecule has 7 heteroatoms. The summed E-state index contributed by atoms with van der Waals surface area (Å²) in [7, 11) is 0. The van der Waals surface area contributed by atoms with Crippen molar-refractivity contribution in [2.24, 2.45) is 0 Å². The standard InChI is InChI=1S/C28H31N5OS/c1-22(31-15-17-32(18-16-31)25-7-3-2-4-8-25)19-29-28(34)23-10-12-26(13-11-23)35-21-24-20-33-14-6-5-9-27(33)30-24/h2-14,20,22H,15-19,21H2,1H3,(H,29,34). The molecule has 0 radical (unpaired) electrons. The van der Waals surface area contributed by atoms with Gasteiger partial charge in [-0.3, -0.25) is 9.69 Å².